The summed E-state index contributed by atoms with van der Waals surface area (Å²) in [5.41, 5.74) is 0.520. The van der Waals surface area contributed by atoms with Gasteiger partial charge in [-0.3, -0.25) is 4.79 Å². The fourth-order valence-corrected chi connectivity index (χ4v) is 3.12. The molecule has 0 aliphatic heterocycles. The maximum Gasteiger partial charge on any atom is 0.322 e. The van der Waals surface area contributed by atoms with Gasteiger partial charge in [0.2, 0.25) is 10.0 Å². The molecule has 1 heterocycles. The van der Waals surface area contributed by atoms with Crippen molar-refractivity contribution in [1.82, 2.24) is 14.7 Å². The summed E-state index contributed by atoms with van der Waals surface area (Å²) in [5, 5.41) is 9.22. The molecule has 1 atom stereocenters. The lowest BCUT2D eigenvalue weighted by molar-refractivity contribution is -0.138. The van der Waals surface area contributed by atoms with Crippen LogP contribution in [0.4, 0.5) is 0 Å². The van der Waals surface area contributed by atoms with E-state index in [-0.39, 0.29) is 11.3 Å². The van der Waals surface area contributed by atoms with E-state index in [1.807, 2.05) is 6.92 Å². The van der Waals surface area contributed by atoms with Crippen LogP contribution in [-0.2, 0) is 21.2 Å². The number of carboxylic acids is 1. The molecular weight excluding hydrogens is 322 g/mol. The summed E-state index contributed by atoms with van der Waals surface area (Å²) >= 11 is 0. The molecule has 0 fully saturated rings. The number of H-pyrrole nitrogens is 1. The third-order valence-electron chi connectivity index (χ3n) is 3.02. The van der Waals surface area contributed by atoms with Crippen LogP contribution in [0.2, 0.25) is 0 Å². The van der Waals surface area contributed by atoms with Gasteiger partial charge in [0.1, 0.15) is 11.8 Å². The molecule has 0 amide bonds. The van der Waals surface area contributed by atoms with Gasteiger partial charge in [0.05, 0.1) is 17.8 Å². The van der Waals surface area contributed by atoms with E-state index in [0.717, 1.165) is 0 Å². The second kappa shape index (κ2) is 7.25. The molecule has 0 aliphatic carbocycles. The molecule has 2 aromatic rings. The zero-order valence-electron chi connectivity index (χ0n) is 12.4. The van der Waals surface area contributed by atoms with Crippen LogP contribution in [0.25, 0.3) is 0 Å². The molecule has 2 rings (SSSR count). The lowest BCUT2D eigenvalue weighted by Crippen LogP contribution is -2.42. The molecule has 0 radical (unpaired) electrons. The Balaban J connectivity index is 2.15. The molecule has 0 unspecified atom stereocenters. The smallest absolute Gasteiger partial charge is 0.322 e. The first-order valence-corrected chi connectivity index (χ1v) is 8.36. The Labute approximate surface area is 133 Å². The molecule has 124 valence electrons. The molecule has 23 heavy (non-hydrogen) atoms. The van der Waals surface area contributed by atoms with Gasteiger partial charge in [0.15, 0.2) is 0 Å². The predicted octanol–water partition coefficient (Wildman–Crippen LogP) is 0.783. The summed E-state index contributed by atoms with van der Waals surface area (Å²) in [6.07, 6.45) is 2.81. The molecule has 9 heteroatoms. The molecule has 0 saturated carbocycles. The van der Waals surface area contributed by atoms with Crippen LogP contribution < -0.4 is 9.46 Å². The average Bonchev–Trinajstić information content (AvgIpc) is 3.00. The third kappa shape index (κ3) is 4.54. The highest BCUT2D eigenvalue weighted by atomic mass is 32.2. The minimum atomic E-state index is -3.96. The Bertz CT molecular complexity index is 741. The van der Waals surface area contributed by atoms with Gasteiger partial charge in [-0.05, 0) is 31.2 Å². The molecule has 1 aromatic heterocycles. The molecular formula is C14H17N3O5S. The number of benzene rings is 1. The normalized spacial score (nSPS) is 12.7. The zero-order valence-corrected chi connectivity index (χ0v) is 13.2. The Hall–Kier alpha value is -2.39. The molecule has 8 nitrogen and oxygen atoms in total. The highest BCUT2D eigenvalue weighted by Crippen LogP contribution is 2.16. The van der Waals surface area contributed by atoms with E-state index in [0.29, 0.717) is 18.1 Å². The van der Waals surface area contributed by atoms with Gasteiger partial charge in [0, 0.05) is 18.3 Å². The van der Waals surface area contributed by atoms with E-state index in [1.54, 1.807) is 0 Å². The van der Waals surface area contributed by atoms with Crippen LogP contribution in [-0.4, -0.2) is 42.1 Å². The Morgan fingerprint density at radius 3 is 2.61 bits per heavy atom. The Morgan fingerprint density at radius 1 is 1.39 bits per heavy atom. The van der Waals surface area contributed by atoms with E-state index < -0.39 is 22.0 Å². The summed E-state index contributed by atoms with van der Waals surface area (Å²) in [6, 6.07) is 4.46. The third-order valence-corrected chi connectivity index (χ3v) is 4.51. The fraction of sp³-hybridized carbons (Fsp3) is 0.286. The average molecular weight is 339 g/mol. The molecule has 0 spiro atoms. The number of aliphatic carboxylic acids is 1. The number of aromatic nitrogens is 2. The minimum Gasteiger partial charge on any atom is -0.494 e. The van der Waals surface area contributed by atoms with Gasteiger partial charge in [-0.25, -0.2) is 13.4 Å². The van der Waals surface area contributed by atoms with Gasteiger partial charge in [0.25, 0.3) is 0 Å². The maximum absolute atomic E-state index is 12.3. The second-order valence-corrected chi connectivity index (χ2v) is 6.41. The van der Waals surface area contributed by atoms with Crippen molar-refractivity contribution in [1.29, 1.82) is 0 Å². The van der Waals surface area contributed by atoms with Crippen molar-refractivity contribution in [2.24, 2.45) is 0 Å². The number of aromatic amines is 1. The monoisotopic (exact) mass is 339 g/mol. The molecule has 0 saturated heterocycles. The summed E-state index contributed by atoms with van der Waals surface area (Å²) < 4.78 is 32.0. The van der Waals surface area contributed by atoms with Gasteiger partial charge in [-0.15, -0.1) is 0 Å². The Kier molecular flexibility index (Phi) is 5.35. The number of ether oxygens (including phenoxy) is 1. The van der Waals surface area contributed by atoms with Crippen molar-refractivity contribution in [3.8, 4) is 5.75 Å². The largest absolute Gasteiger partial charge is 0.494 e. The number of carbonyl (C=O) groups is 1. The van der Waals surface area contributed by atoms with Crippen molar-refractivity contribution in [3.05, 3.63) is 42.5 Å². The topological polar surface area (TPSA) is 121 Å². The number of nitrogens with zero attached hydrogens (tertiary/aromatic N) is 1. The quantitative estimate of drug-likeness (QED) is 0.653. The van der Waals surface area contributed by atoms with Crippen molar-refractivity contribution >= 4 is 16.0 Å². The van der Waals surface area contributed by atoms with E-state index in [2.05, 4.69) is 14.7 Å². The number of sulfonamides is 1. The van der Waals surface area contributed by atoms with E-state index >= 15 is 0 Å². The number of hydrogen-bond donors (Lipinski definition) is 3. The van der Waals surface area contributed by atoms with Crippen molar-refractivity contribution < 1.29 is 23.1 Å². The van der Waals surface area contributed by atoms with E-state index in [1.165, 1.54) is 36.8 Å². The van der Waals surface area contributed by atoms with Crippen LogP contribution >= 0.6 is 0 Å². The predicted molar refractivity (Wildman–Crippen MR) is 81.6 cm³/mol. The summed E-state index contributed by atoms with van der Waals surface area (Å²) in [6.45, 7) is 2.29. The summed E-state index contributed by atoms with van der Waals surface area (Å²) in [5.74, 6) is -0.729. The SMILES string of the molecule is CCOc1ccc(S(=O)(=O)N[C@@H](Cc2cnc[nH]2)C(=O)O)cc1. The van der Waals surface area contributed by atoms with E-state index in [4.69, 9.17) is 4.74 Å². The first-order valence-electron chi connectivity index (χ1n) is 6.87. The van der Waals surface area contributed by atoms with Crippen LogP contribution in [0.5, 0.6) is 5.75 Å². The molecule has 0 bridgehead atoms. The van der Waals surface area contributed by atoms with Crippen molar-refractivity contribution in [3.63, 3.8) is 0 Å². The summed E-state index contributed by atoms with van der Waals surface area (Å²) in [4.78, 5) is 17.8. The van der Waals surface area contributed by atoms with Gasteiger partial charge < -0.3 is 14.8 Å². The second-order valence-electron chi connectivity index (χ2n) is 4.70. The highest BCUT2D eigenvalue weighted by molar-refractivity contribution is 7.89. The lowest BCUT2D eigenvalue weighted by Gasteiger charge is -2.14. The van der Waals surface area contributed by atoms with Gasteiger partial charge in [-0.1, -0.05) is 0 Å². The number of nitrogens with one attached hydrogen (secondary N) is 2. The van der Waals surface area contributed by atoms with E-state index in [9.17, 15) is 18.3 Å². The van der Waals surface area contributed by atoms with Crippen LogP contribution in [0.15, 0.2) is 41.7 Å². The first kappa shape index (κ1) is 17.0. The zero-order chi connectivity index (χ0) is 16.9. The van der Waals surface area contributed by atoms with Crippen LogP contribution in [0.3, 0.4) is 0 Å². The molecule has 1 aromatic carbocycles. The van der Waals surface area contributed by atoms with Crippen molar-refractivity contribution in [2.75, 3.05) is 6.61 Å². The van der Waals surface area contributed by atoms with Crippen LogP contribution in [0, 0.1) is 0 Å². The number of rotatable bonds is 8. The Morgan fingerprint density at radius 2 is 2.09 bits per heavy atom. The van der Waals surface area contributed by atoms with Gasteiger partial charge in [-0.2, -0.15) is 4.72 Å². The van der Waals surface area contributed by atoms with Crippen molar-refractivity contribution in [2.45, 2.75) is 24.3 Å². The standard InChI is InChI=1S/C14H17N3O5S/c1-2-22-11-3-5-12(6-4-11)23(20,21)17-13(14(18)19)7-10-8-15-9-16-10/h3-6,8-9,13,17H,2,7H2,1H3,(H,15,16)(H,18,19)/t13-/m0/s1. The fourth-order valence-electron chi connectivity index (χ4n) is 1.93. The number of imidazole rings is 1. The maximum atomic E-state index is 12.3. The highest BCUT2D eigenvalue weighted by Gasteiger charge is 2.26. The number of hydrogen-bond acceptors (Lipinski definition) is 5. The van der Waals surface area contributed by atoms with Gasteiger partial charge >= 0.3 is 5.97 Å². The summed E-state index contributed by atoms with van der Waals surface area (Å²) in [7, 11) is -3.96. The molecule has 0 aliphatic rings. The first-order chi connectivity index (χ1) is 10.9. The number of carboxylic acid groups (broad SMARTS) is 1. The molecule has 3 N–H and O–H groups in total. The minimum absolute atomic E-state index is 0.0307. The lowest BCUT2D eigenvalue weighted by atomic mass is 10.2. The van der Waals surface area contributed by atoms with Crippen LogP contribution in [0.1, 0.15) is 12.6 Å².